The predicted molar refractivity (Wildman–Crippen MR) is 163 cm³/mol. The summed E-state index contributed by atoms with van der Waals surface area (Å²) in [7, 11) is 0. The molecule has 1 spiro atoms. The molecule has 2 N–H and O–H groups in total. The van der Waals surface area contributed by atoms with Crippen molar-refractivity contribution in [2.24, 2.45) is 23.7 Å². The summed E-state index contributed by atoms with van der Waals surface area (Å²) in [5.74, 6) is -1.01. The minimum Gasteiger partial charge on any atom is -0.359 e. The van der Waals surface area contributed by atoms with Crippen LogP contribution in [0.25, 0.3) is 0 Å². The van der Waals surface area contributed by atoms with Gasteiger partial charge in [0, 0.05) is 24.8 Å². The number of carbonyl (C=O) groups excluding carboxylic acids is 3. The zero-order valence-electron chi connectivity index (χ0n) is 25.7. The molecule has 1 saturated carbocycles. The number of nitrogens with zero attached hydrogens (tertiary/aromatic N) is 2. The molecule has 8 atom stereocenters. The maximum Gasteiger partial charge on any atom is 0.246 e. The lowest BCUT2D eigenvalue weighted by Gasteiger charge is -2.38. The lowest BCUT2D eigenvalue weighted by molar-refractivity contribution is -0.141. The van der Waals surface area contributed by atoms with Crippen LogP contribution in [0.1, 0.15) is 69.9 Å². The summed E-state index contributed by atoms with van der Waals surface area (Å²) in [6.07, 6.45) is 11.3. The van der Waals surface area contributed by atoms with Gasteiger partial charge in [-0.3, -0.25) is 14.4 Å². The monoisotopic (exact) mass is 576 g/mol. The van der Waals surface area contributed by atoms with Crippen molar-refractivity contribution in [3.63, 3.8) is 0 Å². The van der Waals surface area contributed by atoms with Gasteiger partial charge in [-0.25, -0.2) is 0 Å². The number of likely N-dealkylation sites (tertiary alicyclic amines) is 2. The number of carbonyl (C=O) groups is 3. The van der Waals surface area contributed by atoms with Crippen molar-refractivity contribution in [1.29, 1.82) is 0 Å². The van der Waals surface area contributed by atoms with Gasteiger partial charge < -0.3 is 25.2 Å². The third kappa shape index (κ3) is 5.30. The van der Waals surface area contributed by atoms with E-state index in [0.717, 1.165) is 62.1 Å². The van der Waals surface area contributed by atoms with E-state index in [1.54, 1.807) is 4.90 Å². The Morgan fingerprint density at radius 3 is 2.38 bits per heavy atom. The molecule has 6 rings (SSSR count). The van der Waals surface area contributed by atoms with E-state index >= 15 is 0 Å². The molecule has 1 aliphatic carbocycles. The minimum absolute atomic E-state index is 0.0745. The number of hydrogen-bond acceptors (Lipinski definition) is 5. The SMILES string of the molecule is Cc1cc(C)cc(NC(=O)C2[C@@H]3C=CC4(O3)C(C(=O)NC3CCCC(C)C3C)N(CCN3CCCCCC3)C(=O)[C@H]24)c1. The number of rotatable bonds is 7. The van der Waals surface area contributed by atoms with Crippen LogP contribution < -0.4 is 10.6 Å². The number of ether oxygens (including phenoxy) is 1. The lowest BCUT2D eigenvalue weighted by Crippen LogP contribution is -2.58. The number of amides is 3. The quantitative estimate of drug-likeness (QED) is 0.475. The van der Waals surface area contributed by atoms with E-state index in [9.17, 15) is 14.4 Å². The Hall–Kier alpha value is -2.71. The first-order valence-electron chi connectivity index (χ1n) is 16.3. The van der Waals surface area contributed by atoms with Gasteiger partial charge in [-0.15, -0.1) is 0 Å². The highest BCUT2D eigenvalue weighted by Crippen LogP contribution is 2.55. The van der Waals surface area contributed by atoms with Gasteiger partial charge in [0.2, 0.25) is 17.7 Å². The van der Waals surface area contributed by atoms with Crippen LogP contribution in [0.3, 0.4) is 0 Å². The van der Waals surface area contributed by atoms with E-state index in [0.29, 0.717) is 18.4 Å². The molecule has 0 radical (unpaired) electrons. The van der Waals surface area contributed by atoms with Gasteiger partial charge in [0.15, 0.2) is 0 Å². The first-order valence-corrected chi connectivity index (χ1v) is 16.3. The molecule has 3 saturated heterocycles. The fraction of sp³-hybridized carbons (Fsp3) is 0.676. The van der Waals surface area contributed by atoms with Gasteiger partial charge in [0.05, 0.1) is 17.9 Å². The molecule has 6 unspecified atom stereocenters. The molecule has 4 heterocycles. The Balaban J connectivity index is 1.28. The van der Waals surface area contributed by atoms with Crippen molar-refractivity contribution in [1.82, 2.24) is 15.1 Å². The van der Waals surface area contributed by atoms with Crippen LogP contribution in [0.2, 0.25) is 0 Å². The summed E-state index contributed by atoms with van der Waals surface area (Å²) in [5, 5.41) is 6.44. The molecule has 1 aromatic carbocycles. The number of aryl methyl sites for hydroxylation is 2. The van der Waals surface area contributed by atoms with Gasteiger partial charge in [-0.05, 0) is 81.3 Å². The smallest absolute Gasteiger partial charge is 0.246 e. The van der Waals surface area contributed by atoms with E-state index in [4.69, 9.17) is 4.74 Å². The number of benzene rings is 1. The van der Waals surface area contributed by atoms with Crippen LogP contribution in [0.15, 0.2) is 30.4 Å². The zero-order valence-corrected chi connectivity index (χ0v) is 25.7. The van der Waals surface area contributed by atoms with Crippen molar-refractivity contribution in [3.8, 4) is 0 Å². The van der Waals surface area contributed by atoms with Crippen molar-refractivity contribution in [2.75, 3.05) is 31.5 Å². The fourth-order valence-electron chi connectivity index (χ4n) is 8.44. The Morgan fingerprint density at radius 1 is 0.952 bits per heavy atom. The molecule has 8 heteroatoms. The lowest BCUT2D eigenvalue weighted by atomic mass is 9.73. The van der Waals surface area contributed by atoms with E-state index in [1.807, 2.05) is 38.1 Å². The molecule has 0 aromatic heterocycles. The largest absolute Gasteiger partial charge is 0.359 e. The van der Waals surface area contributed by atoms with Crippen LogP contribution >= 0.6 is 0 Å². The first kappa shape index (κ1) is 29.4. The second kappa shape index (κ2) is 11.8. The van der Waals surface area contributed by atoms with Gasteiger partial charge >= 0.3 is 0 Å². The summed E-state index contributed by atoms with van der Waals surface area (Å²) in [6, 6.07) is 5.24. The standard InChI is InChI=1S/C34H48N4O4/c1-21-18-22(2)20-25(19-21)35-31(39)28-27-12-13-34(42-27)29(28)33(41)38(17-16-37-14-7-5-6-8-15-37)30(34)32(40)36-26-11-9-10-23(3)24(26)4/h12-13,18-20,23-24,26-30H,5-11,14-17H2,1-4H3,(H,35,39)(H,36,40)/t23?,24?,26?,27-,28?,29-,30?,34?/m0/s1. The van der Waals surface area contributed by atoms with Crippen molar-refractivity contribution < 1.29 is 19.1 Å². The van der Waals surface area contributed by atoms with Crippen molar-refractivity contribution >= 4 is 23.4 Å². The molecule has 5 aliphatic rings. The van der Waals surface area contributed by atoms with Crippen LogP contribution in [0.5, 0.6) is 0 Å². The molecular weight excluding hydrogens is 528 g/mol. The molecular formula is C34H48N4O4. The van der Waals surface area contributed by atoms with Gasteiger partial charge in [-0.1, -0.05) is 57.7 Å². The van der Waals surface area contributed by atoms with E-state index in [-0.39, 0.29) is 23.8 Å². The number of nitrogens with one attached hydrogen (secondary N) is 2. The highest BCUT2D eigenvalue weighted by molar-refractivity contribution is 6.02. The van der Waals surface area contributed by atoms with Crippen LogP contribution in [0, 0.1) is 37.5 Å². The summed E-state index contributed by atoms with van der Waals surface area (Å²) in [4.78, 5) is 46.6. The summed E-state index contributed by atoms with van der Waals surface area (Å²) in [5.41, 5.74) is 1.71. The van der Waals surface area contributed by atoms with E-state index in [2.05, 4.69) is 35.4 Å². The van der Waals surface area contributed by atoms with E-state index in [1.165, 1.54) is 19.3 Å². The topological polar surface area (TPSA) is 91.0 Å². The van der Waals surface area contributed by atoms with Crippen LogP contribution in [-0.2, 0) is 19.1 Å². The Morgan fingerprint density at radius 2 is 1.67 bits per heavy atom. The van der Waals surface area contributed by atoms with Crippen LogP contribution in [0.4, 0.5) is 5.69 Å². The highest BCUT2D eigenvalue weighted by Gasteiger charge is 2.72. The number of hydrogen-bond donors (Lipinski definition) is 2. The van der Waals surface area contributed by atoms with Gasteiger partial charge in [0.1, 0.15) is 11.6 Å². The number of anilines is 1. The summed E-state index contributed by atoms with van der Waals surface area (Å²) >= 11 is 0. The van der Waals surface area contributed by atoms with Gasteiger partial charge in [0.25, 0.3) is 0 Å². The number of fused-ring (bicyclic) bond motifs is 1. The molecule has 8 nitrogen and oxygen atoms in total. The summed E-state index contributed by atoms with van der Waals surface area (Å²) in [6.45, 7) is 11.7. The summed E-state index contributed by atoms with van der Waals surface area (Å²) < 4.78 is 6.58. The maximum absolute atomic E-state index is 14.3. The third-order valence-corrected chi connectivity index (χ3v) is 10.8. The normalized spacial score (nSPS) is 36.1. The van der Waals surface area contributed by atoms with E-state index < -0.39 is 29.6 Å². The molecule has 42 heavy (non-hydrogen) atoms. The second-order valence-corrected chi connectivity index (χ2v) is 13.7. The first-order chi connectivity index (χ1) is 20.2. The zero-order chi connectivity index (χ0) is 29.6. The molecule has 2 bridgehead atoms. The maximum atomic E-state index is 14.3. The second-order valence-electron chi connectivity index (χ2n) is 13.7. The molecule has 4 fully saturated rings. The Kier molecular flexibility index (Phi) is 8.22. The predicted octanol–water partition coefficient (Wildman–Crippen LogP) is 4.21. The molecule has 1 aromatic rings. The molecule has 4 aliphatic heterocycles. The minimum atomic E-state index is -1.13. The Bertz CT molecular complexity index is 1220. The Labute approximate surface area is 250 Å². The molecule has 3 amide bonds. The average molecular weight is 577 g/mol. The fourth-order valence-corrected chi connectivity index (χ4v) is 8.44. The van der Waals surface area contributed by atoms with Gasteiger partial charge in [-0.2, -0.15) is 0 Å². The van der Waals surface area contributed by atoms with Crippen molar-refractivity contribution in [2.45, 2.75) is 96.4 Å². The highest BCUT2D eigenvalue weighted by atomic mass is 16.5. The van der Waals surface area contributed by atoms with Crippen molar-refractivity contribution in [3.05, 3.63) is 41.5 Å². The van der Waals surface area contributed by atoms with Crippen LogP contribution in [-0.4, -0.2) is 77.5 Å². The average Bonchev–Trinajstić information content (AvgIpc) is 3.48. The molecule has 228 valence electrons. The third-order valence-electron chi connectivity index (χ3n) is 10.8.